The minimum atomic E-state index is 0.555. The van der Waals surface area contributed by atoms with E-state index >= 15 is 0 Å². The molecule has 0 aliphatic carbocycles. The zero-order valence-electron chi connectivity index (χ0n) is 7.13. The number of para-hydroxylation sites is 1. The first-order valence-electron chi connectivity index (χ1n) is 4.20. The Labute approximate surface area is 82.0 Å². The molecule has 0 saturated carbocycles. The number of aromatic amines is 1. The molecule has 2 rings (SSSR count). The second-order valence-corrected chi connectivity index (χ2v) is 3.15. The summed E-state index contributed by atoms with van der Waals surface area (Å²) in [4.78, 5) is 3.20. The summed E-state index contributed by atoms with van der Waals surface area (Å²) in [6, 6.07) is 8.22. The van der Waals surface area contributed by atoms with Gasteiger partial charge in [-0.05, 0) is 11.6 Å². The number of nitrogens with one attached hydrogen (secondary N) is 1. The van der Waals surface area contributed by atoms with Gasteiger partial charge in [0.15, 0.2) is 0 Å². The Morgan fingerprint density at radius 2 is 2.15 bits per heavy atom. The molecule has 0 aliphatic rings. The van der Waals surface area contributed by atoms with Crippen molar-refractivity contribution in [2.45, 2.75) is 0 Å². The van der Waals surface area contributed by atoms with Crippen molar-refractivity contribution in [1.29, 1.82) is 0 Å². The molecule has 2 heteroatoms. The van der Waals surface area contributed by atoms with E-state index in [1.807, 2.05) is 30.5 Å². The third kappa shape index (κ3) is 1.61. The van der Waals surface area contributed by atoms with Crippen molar-refractivity contribution in [3.05, 3.63) is 42.1 Å². The molecule has 0 fully saturated rings. The van der Waals surface area contributed by atoms with Crippen LogP contribution in [0.4, 0.5) is 0 Å². The summed E-state index contributed by atoms with van der Waals surface area (Å²) in [7, 11) is 0. The molecule has 1 heterocycles. The first kappa shape index (κ1) is 8.39. The Morgan fingerprint density at radius 3 is 3.00 bits per heavy atom. The standard InChI is InChI=1S/C11H10ClN/c12-7-3-4-9-8-13-11-6-2-1-5-10(9)11/h1-6,8,13H,7H2. The normalized spacial score (nSPS) is 11.5. The number of benzene rings is 1. The molecule has 0 bridgehead atoms. The molecule has 2 aromatic rings. The van der Waals surface area contributed by atoms with E-state index in [0.717, 1.165) is 5.52 Å². The first-order valence-corrected chi connectivity index (χ1v) is 4.74. The van der Waals surface area contributed by atoms with Crippen LogP contribution < -0.4 is 0 Å². The van der Waals surface area contributed by atoms with E-state index in [-0.39, 0.29) is 0 Å². The fourth-order valence-corrected chi connectivity index (χ4v) is 1.49. The zero-order chi connectivity index (χ0) is 9.10. The van der Waals surface area contributed by atoms with Gasteiger partial charge >= 0.3 is 0 Å². The van der Waals surface area contributed by atoms with E-state index in [0.29, 0.717) is 5.88 Å². The van der Waals surface area contributed by atoms with E-state index in [1.54, 1.807) is 0 Å². The van der Waals surface area contributed by atoms with Crippen LogP contribution >= 0.6 is 11.6 Å². The summed E-state index contributed by atoms with van der Waals surface area (Å²) in [5.74, 6) is 0.555. The predicted octanol–water partition coefficient (Wildman–Crippen LogP) is 3.42. The van der Waals surface area contributed by atoms with E-state index < -0.39 is 0 Å². The molecular formula is C11H10ClN. The van der Waals surface area contributed by atoms with Crippen molar-refractivity contribution < 1.29 is 0 Å². The van der Waals surface area contributed by atoms with Gasteiger partial charge in [-0.1, -0.05) is 30.4 Å². The SMILES string of the molecule is ClCC=Cc1c[nH]c2ccccc12. The van der Waals surface area contributed by atoms with Crippen LogP contribution in [0.3, 0.4) is 0 Å². The van der Waals surface area contributed by atoms with Gasteiger partial charge in [0.1, 0.15) is 0 Å². The van der Waals surface area contributed by atoms with Gasteiger partial charge in [0.05, 0.1) is 0 Å². The number of hydrogen-bond acceptors (Lipinski definition) is 0. The fraction of sp³-hybridized carbons (Fsp3) is 0.0909. The van der Waals surface area contributed by atoms with Gasteiger partial charge in [0.25, 0.3) is 0 Å². The zero-order valence-corrected chi connectivity index (χ0v) is 7.88. The van der Waals surface area contributed by atoms with Crippen molar-refractivity contribution in [1.82, 2.24) is 4.98 Å². The van der Waals surface area contributed by atoms with Gasteiger partial charge in [-0.2, -0.15) is 0 Å². The van der Waals surface area contributed by atoms with Crippen LogP contribution in [0.15, 0.2) is 36.5 Å². The van der Waals surface area contributed by atoms with Gasteiger partial charge < -0.3 is 4.98 Å². The third-order valence-electron chi connectivity index (χ3n) is 2.01. The predicted molar refractivity (Wildman–Crippen MR) is 58.1 cm³/mol. The van der Waals surface area contributed by atoms with Crippen molar-refractivity contribution in [2.75, 3.05) is 5.88 Å². The largest absolute Gasteiger partial charge is 0.361 e. The average molecular weight is 192 g/mol. The van der Waals surface area contributed by atoms with Crippen LogP contribution in [-0.4, -0.2) is 10.9 Å². The molecule has 0 unspecified atom stereocenters. The molecule has 0 atom stereocenters. The molecule has 66 valence electrons. The number of alkyl halides is 1. The van der Waals surface area contributed by atoms with Crippen LogP contribution in [-0.2, 0) is 0 Å². The lowest BCUT2D eigenvalue weighted by Gasteiger charge is -1.89. The molecule has 0 spiro atoms. The van der Waals surface area contributed by atoms with Crippen molar-refractivity contribution in [3.63, 3.8) is 0 Å². The second kappa shape index (κ2) is 3.67. The van der Waals surface area contributed by atoms with Gasteiger partial charge in [-0.3, -0.25) is 0 Å². The minimum Gasteiger partial charge on any atom is -0.361 e. The fourth-order valence-electron chi connectivity index (χ4n) is 1.40. The Morgan fingerprint density at radius 1 is 1.31 bits per heavy atom. The van der Waals surface area contributed by atoms with E-state index in [1.165, 1.54) is 10.9 Å². The Balaban J connectivity index is 2.52. The number of halogens is 1. The molecule has 1 N–H and O–H groups in total. The number of hydrogen-bond donors (Lipinski definition) is 1. The second-order valence-electron chi connectivity index (χ2n) is 2.85. The lowest BCUT2D eigenvalue weighted by molar-refractivity contribution is 1.47. The summed E-state index contributed by atoms with van der Waals surface area (Å²) >= 11 is 5.57. The molecule has 0 radical (unpaired) electrons. The summed E-state index contributed by atoms with van der Waals surface area (Å²) in [5, 5.41) is 1.24. The quantitative estimate of drug-likeness (QED) is 0.701. The van der Waals surface area contributed by atoms with E-state index in [4.69, 9.17) is 11.6 Å². The lowest BCUT2D eigenvalue weighted by Crippen LogP contribution is -1.67. The van der Waals surface area contributed by atoms with Crippen LogP contribution in [0.5, 0.6) is 0 Å². The lowest BCUT2D eigenvalue weighted by atomic mass is 10.2. The summed E-state index contributed by atoms with van der Waals surface area (Å²) in [6.07, 6.45) is 5.97. The Hall–Kier alpha value is -1.21. The molecule has 1 aromatic carbocycles. The monoisotopic (exact) mass is 191 g/mol. The Kier molecular flexibility index (Phi) is 2.37. The maximum Gasteiger partial charge on any atom is 0.0460 e. The maximum atomic E-state index is 5.57. The smallest absolute Gasteiger partial charge is 0.0460 e. The van der Waals surface area contributed by atoms with Crippen molar-refractivity contribution in [2.24, 2.45) is 0 Å². The summed E-state index contributed by atoms with van der Waals surface area (Å²) < 4.78 is 0. The molecule has 0 amide bonds. The molecule has 1 nitrogen and oxygen atoms in total. The number of H-pyrrole nitrogens is 1. The Bertz CT molecular complexity index is 428. The van der Waals surface area contributed by atoms with Crippen LogP contribution in [0.1, 0.15) is 5.56 Å². The van der Waals surface area contributed by atoms with Crippen LogP contribution in [0.25, 0.3) is 17.0 Å². The highest BCUT2D eigenvalue weighted by molar-refractivity contribution is 6.19. The topological polar surface area (TPSA) is 15.8 Å². The maximum absolute atomic E-state index is 5.57. The summed E-state index contributed by atoms with van der Waals surface area (Å²) in [5.41, 5.74) is 2.35. The minimum absolute atomic E-state index is 0.555. The molecule has 13 heavy (non-hydrogen) atoms. The number of aromatic nitrogens is 1. The number of rotatable bonds is 2. The van der Waals surface area contributed by atoms with Gasteiger partial charge in [-0.15, -0.1) is 11.6 Å². The first-order chi connectivity index (χ1) is 6.42. The van der Waals surface area contributed by atoms with Crippen molar-refractivity contribution in [3.8, 4) is 0 Å². The van der Waals surface area contributed by atoms with Crippen molar-refractivity contribution >= 4 is 28.6 Å². The van der Waals surface area contributed by atoms with E-state index in [9.17, 15) is 0 Å². The van der Waals surface area contributed by atoms with Gasteiger partial charge in [0, 0.05) is 23.0 Å². The van der Waals surface area contributed by atoms with E-state index in [2.05, 4.69) is 17.1 Å². The highest BCUT2D eigenvalue weighted by Crippen LogP contribution is 2.18. The molecule has 0 aliphatic heterocycles. The molecule has 1 aromatic heterocycles. The molecular weight excluding hydrogens is 182 g/mol. The van der Waals surface area contributed by atoms with Gasteiger partial charge in [-0.25, -0.2) is 0 Å². The van der Waals surface area contributed by atoms with Crippen LogP contribution in [0, 0.1) is 0 Å². The number of fused-ring (bicyclic) bond motifs is 1. The average Bonchev–Trinajstić information content (AvgIpc) is 2.58. The molecule has 0 saturated heterocycles. The van der Waals surface area contributed by atoms with Gasteiger partial charge in [0.2, 0.25) is 0 Å². The number of allylic oxidation sites excluding steroid dienone is 1. The highest BCUT2D eigenvalue weighted by atomic mass is 35.5. The third-order valence-corrected chi connectivity index (χ3v) is 2.19. The summed E-state index contributed by atoms with van der Waals surface area (Å²) in [6.45, 7) is 0. The van der Waals surface area contributed by atoms with Crippen LogP contribution in [0.2, 0.25) is 0 Å². The highest BCUT2D eigenvalue weighted by Gasteiger charge is 1.97.